The summed E-state index contributed by atoms with van der Waals surface area (Å²) >= 11 is 0. The Labute approximate surface area is 111 Å². The molecule has 1 fully saturated rings. The lowest BCUT2D eigenvalue weighted by Crippen LogP contribution is -2.36. The Kier molecular flexibility index (Phi) is 3.00. The standard InChI is InChI=1S/C13H19N5O/c1-7-4-3-5-10(8(7)2)15-13-16-11-9(6-14-18-11)12(19)17-13/h6-8,10H,3-5H2,1-2H3,(H3,14,15,16,17,18,19). The Morgan fingerprint density at radius 3 is 3.05 bits per heavy atom. The molecule has 6 heteroatoms. The number of aromatic amines is 2. The summed E-state index contributed by atoms with van der Waals surface area (Å²) in [7, 11) is 0. The van der Waals surface area contributed by atoms with Crippen molar-refractivity contribution >= 4 is 17.0 Å². The molecule has 3 atom stereocenters. The second kappa shape index (κ2) is 4.68. The molecule has 0 aliphatic heterocycles. The van der Waals surface area contributed by atoms with Crippen LogP contribution < -0.4 is 10.9 Å². The van der Waals surface area contributed by atoms with E-state index in [1.54, 1.807) is 0 Å². The monoisotopic (exact) mass is 261 g/mol. The third-order valence-corrected chi connectivity index (χ3v) is 4.35. The molecule has 1 aliphatic carbocycles. The summed E-state index contributed by atoms with van der Waals surface area (Å²) in [6, 6.07) is 0.368. The molecule has 19 heavy (non-hydrogen) atoms. The van der Waals surface area contributed by atoms with Crippen LogP contribution in [0.3, 0.4) is 0 Å². The lowest BCUT2D eigenvalue weighted by molar-refractivity contribution is 0.252. The number of aromatic nitrogens is 4. The van der Waals surface area contributed by atoms with Crippen LogP contribution in [0.5, 0.6) is 0 Å². The van der Waals surface area contributed by atoms with E-state index in [1.165, 1.54) is 19.0 Å². The van der Waals surface area contributed by atoms with Gasteiger partial charge in [0.1, 0.15) is 5.39 Å². The minimum absolute atomic E-state index is 0.155. The van der Waals surface area contributed by atoms with Crippen LogP contribution in [0.25, 0.3) is 11.0 Å². The Balaban J connectivity index is 1.86. The van der Waals surface area contributed by atoms with E-state index >= 15 is 0 Å². The molecule has 102 valence electrons. The van der Waals surface area contributed by atoms with Gasteiger partial charge in [0.25, 0.3) is 5.56 Å². The Morgan fingerprint density at radius 1 is 1.37 bits per heavy atom. The van der Waals surface area contributed by atoms with E-state index in [2.05, 4.69) is 39.3 Å². The molecule has 2 heterocycles. The molecule has 2 aromatic heterocycles. The van der Waals surface area contributed by atoms with Crippen LogP contribution >= 0.6 is 0 Å². The van der Waals surface area contributed by atoms with E-state index in [1.807, 2.05) is 0 Å². The lowest BCUT2D eigenvalue weighted by Gasteiger charge is -2.34. The zero-order valence-corrected chi connectivity index (χ0v) is 11.2. The summed E-state index contributed by atoms with van der Waals surface area (Å²) in [5.74, 6) is 1.82. The van der Waals surface area contributed by atoms with Crippen molar-refractivity contribution in [1.29, 1.82) is 0 Å². The van der Waals surface area contributed by atoms with E-state index in [-0.39, 0.29) is 5.56 Å². The fourth-order valence-corrected chi connectivity index (χ4v) is 2.88. The molecule has 1 aliphatic rings. The highest BCUT2D eigenvalue weighted by atomic mass is 16.1. The summed E-state index contributed by atoms with van der Waals surface area (Å²) in [6.07, 6.45) is 5.12. The molecule has 1 saturated carbocycles. The quantitative estimate of drug-likeness (QED) is 0.770. The largest absolute Gasteiger partial charge is 0.353 e. The van der Waals surface area contributed by atoms with Gasteiger partial charge in [-0.3, -0.25) is 14.9 Å². The van der Waals surface area contributed by atoms with Crippen LogP contribution in [0.1, 0.15) is 33.1 Å². The van der Waals surface area contributed by atoms with E-state index in [9.17, 15) is 4.79 Å². The molecule has 0 spiro atoms. The van der Waals surface area contributed by atoms with Crippen LogP contribution in [0.4, 0.5) is 5.95 Å². The average molecular weight is 261 g/mol. The Hall–Kier alpha value is -1.85. The summed E-state index contributed by atoms with van der Waals surface area (Å²) in [6.45, 7) is 4.54. The second-order valence-corrected chi connectivity index (χ2v) is 5.56. The first-order valence-electron chi connectivity index (χ1n) is 6.85. The van der Waals surface area contributed by atoms with Gasteiger partial charge in [0.2, 0.25) is 5.95 Å². The van der Waals surface area contributed by atoms with Gasteiger partial charge in [-0.2, -0.15) is 10.1 Å². The van der Waals surface area contributed by atoms with Crippen molar-refractivity contribution in [2.75, 3.05) is 5.32 Å². The predicted molar refractivity (Wildman–Crippen MR) is 74.1 cm³/mol. The number of rotatable bonds is 2. The van der Waals surface area contributed by atoms with Gasteiger partial charge in [0.15, 0.2) is 5.65 Å². The normalized spacial score (nSPS) is 27.6. The first-order valence-corrected chi connectivity index (χ1v) is 6.85. The molecule has 3 rings (SSSR count). The minimum atomic E-state index is -0.155. The van der Waals surface area contributed by atoms with Crippen molar-refractivity contribution in [3.63, 3.8) is 0 Å². The molecular formula is C13H19N5O. The maximum Gasteiger partial charge on any atom is 0.263 e. The SMILES string of the molecule is CC1CCCC(Nc2nc3[nH]ncc3c(=O)[nH]2)C1C. The highest BCUT2D eigenvalue weighted by Crippen LogP contribution is 2.30. The van der Waals surface area contributed by atoms with Crippen LogP contribution in [0, 0.1) is 11.8 Å². The van der Waals surface area contributed by atoms with E-state index < -0.39 is 0 Å². The molecule has 0 bridgehead atoms. The van der Waals surface area contributed by atoms with Crippen molar-refractivity contribution < 1.29 is 0 Å². The lowest BCUT2D eigenvalue weighted by atomic mass is 9.78. The van der Waals surface area contributed by atoms with Crippen LogP contribution in [0.2, 0.25) is 0 Å². The molecule has 0 radical (unpaired) electrons. The zero-order chi connectivity index (χ0) is 13.4. The Morgan fingerprint density at radius 2 is 2.21 bits per heavy atom. The van der Waals surface area contributed by atoms with Crippen molar-refractivity contribution in [3.8, 4) is 0 Å². The number of fused-ring (bicyclic) bond motifs is 1. The average Bonchev–Trinajstić information content (AvgIpc) is 2.84. The topological polar surface area (TPSA) is 86.5 Å². The van der Waals surface area contributed by atoms with Gasteiger partial charge < -0.3 is 5.32 Å². The highest BCUT2D eigenvalue weighted by molar-refractivity contribution is 5.73. The van der Waals surface area contributed by atoms with Gasteiger partial charge in [-0.15, -0.1) is 0 Å². The maximum absolute atomic E-state index is 11.9. The van der Waals surface area contributed by atoms with Crippen molar-refractivity contribution in [2.45, 2.75) is 39.2 Å². The third kappa shape index (κ3) is 2.22. The predicted octanol–water partition coefficient (Wildman–Crippen LogP) is 1.88. The zero-order valence-electron chi connectivity index (χ0n) is 11.2. The van der Waals surface area contributed by atoms with Crippen molar-refractivity contribution in [1.82, 2.24) is 20.2 Å². The van der Waals surface area contributed by atoms with Crippen molar-refractivity contribution in [3.05, 3.63) is 16.6 Å². The fourth-order valence-electron chi connectivity index (χ4n) is 2.88. The van der Waals surface area contributed by atoms with E-state index in [4.69, 9.17) is 0 Å². The first kappa shape index (κ1) is 12.2. The van der Waals surface area contributed by atoms with Gasteiger partial charge in [0, 0.05) is 6.04 Å². The number of hydrogen-bond donors (Lipinski definition) is 3. The highest BCUT2D eigenvalue weighted by Gasteiger charge is 2.27. The van der Waals surface area contributed by atoms with E-state index in [0.29, 0.717) is 34.9 Å². The van der Waals surface area contributed by atoms with Crippen molar-refractivity contribution in [2.24, 2.45) is 11.8 Å². The second-order valence-electron chi connectivity index (χ2n) is 5.56. The van der Waals surface area contributed by atoms with Gasteiger partial charge in [-0.25, -0.2) is 0 Å². The number of hydrogen-bond acceptors (Lipinski definition) is 4. The summed E-state index contributed by atoms with van der Waals surface area (Å²) in [5, 5.41) is 10.4. The molecular weight excluding hydrogens is 242 g/mol. The van der Waals surface area contributed by atoms with Crippen LogP contribution in [0.15, 0.2) is 11.0 Å². The number of nitrogens with one attached hydrogen (secondary N) is 3. The number of nitrogens with zero attached hydrogens (tertiary/aromatic N) is 2. The Bertz CT molecular complexity index is 631. The van der Waals surface area contributed by atoms with Crippen LogP contribution in [-0.4, -0.2) is 26.2 Å². The number of anilines is 1. The molecule has 2 aromatic rings. The summed E-state index contributed by atoms with van der Waals surface area (Å²) in [4.78, 5) is 19.0. The number of H-pyrrole nitrogens is 2. The van der Waals surface area contributed by atoms with Gasteiger partial charge in [0.05, 0.1) is 6.20 Å². The molecule has 3 N–H and O–H groups in total. The third-order valence-electron chi connectivity index (χ3n) is 4.35. The smallest absolute Gasteiger partial charge is 0.263 e. The first-order chi connectivity index (χ1) is 9.15. The molecule has 0 saturated heterocycles. The minimum Gasteiger partial charge on any atom is -0.353 e. The molecule has 3 unspecified atom stereocenters. The summed E-state index contributed by atoms with van der Waals surface area (Å²) < 4.78 is 0. The molecule has 0 amide bonds. The van der Waals surface area contributed by atoms with Crippen LogP contribution in [-0.2, 0) is 0 Å². The van der Waals surface area contributed by atoms with E-state index in [0.717, 1.165) is 6.42 Å². The summed E-state index contributed by atoms with van der Waals surface area (Å²) in [5.41, 5.74) is 0.375. The van der Waals surface area contributed by atoms with Gasteiger partial charge in [-0.1, -0.05) is 26.7 Å². The fraction of sp³-hybridized carbons (Fsp3) is 0.615. The molecule has 6 nitrogen and oxygen atoms in total. The molecule has 0 aromatic carbocycles. The van der Waals surface area contributed by atoms with Gasteiger partial charge >= 0.3 is 0 Å². The van der Waals surface area contributed by atoms with Gasteiger partial charge in [-0.05, 0) is 18.3 Å². The maximum atomic E-state index is 11.9.